The molecule has 3 nitrogen and oxygen atoms in total. The molecule has 0 spiro atoms. The molecule has 0 aliphatic rings. The fraction of sp³-hybridized carbons (Fsp3) is 0.108. The van der Waals surface area contributed by atoms with Gasteiger partial charge in [0.1, 0.15) is 17.7 Å². The van der Waals surface area contributed by atoms with E-state index in [9.17, 15) is 0 Å². The second kappa shape index (κ2) is 9.39. The Morgan fingerprint density at radius 2 is 1.25 bits per heavy atom. The van der Waals surface area contributed by atoms with Gasteiger partial charge in [-0.15, -0.1) is 0 Å². The summed E-state index contributed by atoms with van der Waals surface area (Å²) < 4.78 is 8.46. The second-order valence-electron chi connectivity index (χ2n) is 11.3. The van der Waals surface area contributed by atoms with E-state index in [2.05, 4.69) is 147 Å². The van der Waals surface area contributed by atoms with Crippen LogP contribution in [-0.2, 0) is 5.41 Å². The lowest BCUT2D eigenvalue weighted by Gasteiger charge is -2.20. The van der Waals surface area contributed by atoms with Crippen LogP contribution in [0.2, 0.25) is 0 Å². The molecule has 194 valence electrons. The van der Waals surface area contributed by atoms with Crippen LogP contribution < -0.4 is 0 Å². The zero-order chi connectivity index (χ0) is 27.3. The van der Waals surface area contributed by atoms with Crippen LogP contribution in [0.1, 0.15) is 26.3 Å². The lowest BCUT2D eigenvalue weighted by atomic mass is 9.86. The van der Waals surface area contributed by atoms with E-state index in [-0.39, 0.29) is 5.41 Å². The molecule has 0 atom stereocenters. The topological polar surface area (TPSA) is 31.0 Å². The highest BCUT2D eigenvalue weighted by Gasteiger charge is 2.24. The molecular formula is C37H30N2O. The number of fused-ring (bicyclic) bond motifs is 2. The smallest absolute Gasteiger partial charge is 0.149 e. The monoisotopic (exact) mass is 518 g/mol. The highest BCUT2D eigenvalue weighted by molar-refractivity contribution is 5.98. The van der Waals surface area contributed by atoms with Gasteiger partial charge in [-0.3, -0.25) is 4.57 Å². The number of nitrogens with zero attached hydrogens (tertiary/aromatic N) is 2. The Bertz CT molecular complexity index is 1910. The van der Waals surface area contributed by atoms with Gasteiger partial charge in [-0.1, -0.05) is 118 Å². The first-order valence-corrected chi connectivity index (χ1v) is 13.7. The van der Waals surface area contributed by atoms with Crippen molar-refractivity contribution in [3.63, 3.8) is 0 Å². The Labute approximate surface area is 234 Å². The first kappa shape index (κ1) is 24.2. The van der Waals surface area contributed by atoms with Gasteiger partial charge in [0.15, 0.2) is 0 Å². The number of imidazole rings is 1. The molecule has 2 aromatic heterocycles. The molecule has 0 aliphatic carbocycles. The molecule has 0 aliphatic heterocycles. The molecule has 2 heterocycles. The van der Waals surface area contributed by atoms with Crippen LogP contribution in [0.25, 0.3) is 61.3 Å². The van der Waals surface area contributed by atoms with E-state index in [1.54, 1.807) is 0 Å². The second-order valence-corrected chi connectivity index (χ2v) is 11.3. The average Bonchev–Trinajstić information content (AvgIpc) is 3.58. The summed E-state index contributed by atoms with van der Waals surface area (Å²) in [6, 6.07) is 42.7. The van der Waals surface area contributed by atoms with Crippen molar-refractivity contribution < 1.29 is 4.42 Å². The quantitative estimate of drug-likeness (QED) is 0.232. The van der Waals surface area contributed by atoms with Crippen LogP contribution in [0.4, 0.5) is 0 Å². The van der Waals surface area contributed by atoms with Gasteiger partial charge >= 0.3 is 0 Å². The summed E-state index contributed by atoms with van der Waals surface area (Å²) in [5, 5.41) is 1.07. The lowest BCUT2D eigenvalue weighted by Crippen LogP contribution is -2.10. The maximum atomic E-state index is 6.13. The third-order valence-electron chi connectivity index (χ3n) is 7.67. The number of aromatic nitrogens is 2. The standard InChI is InChI=1S/C37H30N2O/c1-37(2,3)27-21-22-34-30(23-27)31(24-40-34)36-38-32-19-10-11-20-33(32)39(36)35-28(25-13-6-4-7-14-25)17-12-18-29(35)26-15-8-5-9-16-26/h4-24H,1-3H3. The molecule has 0 radical (unpaired) electrons. The number of hydrogen-bond acceptors (Lipinski definition) is 2. The SMILES string of the molecule is CC(C)(C)c1ccc2occ(-c3nc4ccccc4n3-c3c(-c4ccccc4)cccc3-c3ccccc3)c2c1. The first-order chi connectivity index (χ1) is 19.5. The number of hydrogen-bond donors (Lipinski definition) is 0. The number of benzene rings is 5. The molecule has 0 saturated heterocycles. The summed E-state index contributed by atoms with van der Waals surface area (Å²) in [5.74, 6) is 0.867. The van der Waals surface area contributed by atoms with Crippen LogP contribution in [0.3, 0.4) is 0 Å². The summed E-state index contributed by atoms with van der Waals surface area (Å²) in [6.07, 6.45) is 1.86. The molecule has 0 saturated carbocycles. The Morgan fingerprint density at radius 1 is 0.625 bits per heavy atom. The Morgan fingerprint density at radius 3 is 1.90 bits per heavy atom. The van der Waals surface area contributed by atoms with Crippen molar-refractivity contribution in [3.8, 4) is 39.3 Å². The summed E-state index contributed by atoms with van der Waals surface area (Å²) >= 11 is 0. The third-order valence-corrected chi connectivity index (χ3v) is 7.67. The summed E-state index contributed by atoms with van der Waals surface area (Å²) in [4.78, 5) is 5.25. The fourth-order valence-electron chi connectivity index (χ4n) is 5.59. The molecule has 0 fully saturated rings. The minimum Gasteiger partial charge on any atom is -0.464 e. The zero-order valence-corrected chi connectivity index (χ0v) is 22.9. The average molecular weight is 519 g/mol. The van der Waals surface area contributed by atoms with Crippen LogP contribution in [-0.4, -0.2) is 9.55 Å². The van der Waals surface area contributed by atoms with E-state index < -0.39 is 0 Å². The van der Waals surface area contributed by atoms with Crippen molar-refractivity contribution in [2.75, 3.05) is 0 Å². The van der Waals surface area contributed by atoms with Crippen LogP contribution in [0.15, 0.2) is 132 Å². The predicted molar refractivity (Wildman–Crippen MR) is 166 cm³/mol. The Hall–Kier alpha value is -4.89. The molecular weight excluding hydrogens is 488 g/mol. The van der Waals surface area contributed by atoms with Crippen LogP contribution in [0, 0.1) is 0 Å². The Balaban J connectivity index is 1.60. The number of furan rings is 1. The van der Waals surface area contributed by atoms with E-state index in [0.717, 1.165) is 61.3 Å². The van der Waals surface area contributed by atoms with Crippen molar-refractivity contribution in [1.29, 1.82) is 0 Å². The normalized spacial score (nSPS) is 11.9. The van der Waals surface area contributed by atoms with Gasteiger partial charge in [-0.2, -0.15) is 0 Å². The molecule has 0 N–H and O–H groups in total. The largest absolute Gasteiger partial charge is 0.464 e. The first-order valence-electron chi connectivity index (χ1n) is 13.7. The minimum absolute atomic E-state index is 0.0171. The molecule has 0 amide bonds. The maximum Gasteiger partial charge on any atom is 0.149 e. The highest BCUT2D eigenvalue weighted by Crippen LogP contribution is 2.42. The van der Waals surface area contributed by atoms with Gasteiger partial charge < -0.3 is 4.42 Å². The summed E-state index contributed by atoms with van der Waals surface area (Å²) in [6.45, 7) is 6.72. The molecule has 7 rings (SSSR count). The lowest BCUT2D eigenvalue weighted by molar-refractivity contribution is 0.589. The third kappa shape index (κ3) is 4.02. The summed E-state index contributed by atoms with van der Waals surface area (Å²) in [5.41, 5.74) is 10.8. The number of rotatable bonds is 4. The van der Waals surface area contributed by atoms with Gasteiger partial charge in [0.2, 0.25) is 0 Å². The fourth-order valence-corrected chi connectivity index (χ4v) is 5.59. The van der Waals surface area contributed by atoms with Gasteiger partial charge in [0, 0.05) is 16.5 Å². The highest BCUT2D eigenvalue weighted by atomic mass is 16.3. The van der Waals surface area contributed by atoms with Crippen molar-refractivity contribution >= 4 is 22.0 Å². The van der Waals surface area contributed by atoms with Crippen molar-refractivity contribution in [3.05, 3.63) is 133 Å². The zero-order valence-electron chi connectivity index (χ0n) is 22.9. The minimum atomic E-state index is 0.0171. The molecule has 0 bridgehead atoms. The van der Waals surface area contributed by atoms with Crippen molar-refractivity contribution in [2.24, 2.45) is 0 Å². The van der Waals surface area contributed by atoms with Gasteiger partial charge in [0.05, 0.1) is 22.3 Å². The molecule has 7 aromatic rings. The van der Waals surface area contributed by atoms with E-state index in [1.807, 2.05) is 6.26 Å². The van der Waals surface area contributed by atoms with E-state index in [1.165, 1.54) is 5.56 Å². The maximum absolute atomic E-state index is 6.13. The molecule has 5 aromatic carbocycles. The van der Waals surface area contributed by atoms with Gasteiger partial charge in [-0.05, 0) is 46.4 Å². The summed E-state index contributed by atoms with van der Waals surface area (Å²) in [7, 11) is 0. The molecule has 3 heteroatoms. The predicted octanol–water partition coefficient (Wildman–Crippen LogP) is 10.1. The van der Waals surface area contributed by atoms with Crippen molar-refractivity contribution in [1.82, 2.24) is 9.55 Å². The number of para-hydroxylation sites is 3. The van der Waals surface area contributed by atoms with E-state index in [4.69, 9.17) is 9.40 Å². The van der Waals surface area contributed by atoms with E-state index >= 15 is 0 Å². The van der Waals surface area contributed by atoms with Gasteiger partial charge in [0.25, 0.3) is 0 Å². The van der Waals surface area contributed by atoms with Gasteiger partial charge in [-0.25, -0.2) is 4.98 Å². The molecule has 0 unspecified atom stereocenters. The van der Waals surface area contributed by atoms with Crippen molar-refractivity contribution in [2.45, 2.75) is 26.2 Å². The van der Waals surface area contributed by atoms with Crippen LogP contribution in [0.5, 0.6) is 0 Å². The molecule has 40 heavy (non-hydrogen) atoms. The Kier molecular flexibility index (Phi) is 5.67. The van der Waals surface area contributed by atoms with Crippen LogP contribution >= 0.6 is 0 Å². The van der Waals surface area contributed by atoms with E-state index in [0.29, 0.717) is 0 Å².